The van der Waals surface area contributed by atoms with E-state index < -0.39 is 0 Å². The van der Waals surface area contributed by atoms with Crippen molar-refractivity contribution in [2.24, 2.45) is 5.92 Å². The highest BCUT2D eigenvalue weighted by Gasteiger charge is 2.28. The molecule has 4 nitrogen and oxygen atoms in total. The van der Waals surface area contributed by atoms with Gasteiger partial charge in [0.1, 0.15) is 5.76 Å². The Morgan fingerprint density at radius 2 is 2.12 bits per heavy atom. The van der Waals surface area contributed by atoms with Gasteiger partial charge in [-0.15, -0.1) is 0 Å². The van der Waals surface area contributed by atoms with Crippen LogP contribution >= 0.6 is 0 Å². The van der Waals surface area contributed by atoms with Crippen molar-refractivity contribution >= 4 is 0 Å². The number of aryl methyl sites for hydroxylation is 2. The highest BCUT2D eigenvalue weighted by atomic mass is 16.5. The van der Waals surface area contributed by atoms with Crippen molar-refractivity contribution in [2.45, 2.75) is 39.3 Å². The highest BCUT2D eigenvalue weighted by molar-refractivity contribution is 5.20. The molecule has 1 aromatic rings. The molecule has 0 atom stereocenters. The lowest BCUT2D eigenvalue weighted by molar-refractivity contribution is 0.0273. The summed E-state index contributed by atoms with van der Waals surface area (Å²) in [6.07, 6.45) is 1.84. The van der Waals surface area contributed by atoms with Crippen LogP contribution in [0.5, 0.6) is 0 Å². The molecule has 0 radical (unpaired) electrons. The molecule has 16 heavy (non-hydrogen) atoms. The van der Waals surface area contributed by atoms with Crippen LogP contribution < -0.4 is 0 Å². The maximum Gasteiger partial charge on any atom is 0.138 e. The van der Waals surface area contributed by atoms with Gasteiger partial charge < -0.3 is 14.5 Å². The van der Waals surface area contributed by atoms with Gasteiger partial charge in [-0.1, -0.05) is 5.16 Å². The zero-order valence-corrected chi connectivity index (χ0v) is 10.2. The van der Waals surface area contributed by atoms with E-state index in [1.807, 2.05) is 13.8 Å². The van der Waals surface area contributed by atoms with E-state index in [0.717, 1.165) is 37.4 Å². The third-order valence-electron chi connectivity index (χ3n) is 3.39. The maximum absolute atomic E-state index is 9.23. The number of rotatable bonds is 4. The predicted molar refractivity (Wildman–Crippen MR) is 61.0 cm³/mol. The summed E-state index contributed by atoms with van der Waals surface area (Å²) in [5.41, 5.74) is 2.18. The number of nitrogens with zero attached hydrogens (tertiary/aromatic N) is 2. The molecule has 0 aromatic carbocycles. The maximum atomic E-state index is 9.23. The Morgan fingerprint density at radius 3 is 2.62 bits per heavy atom. The summed E-state index contributed by atoms with van der Waals surface area (Å²) in [4.78, 5) is 2.28. The summed E-state index contributed by atoms with van der Waals surface area (Å²) in [7, 11) is 2.11. The second kappa shape index (κ2) is 4.55. The summed E-state index contributed by atoms with van der Waals surface area (Å²) in [6.45, 7) is 5.86. The van der Waals surface area contributed by atoms with Gasteiger partial charge in [-0.25, -0.2) is 0 Å². The SMILES string of the molecule is Cc1noc(C)c1CN(C)CC1CC(O)C1. The molecule has 0 saturated heterocycles. The molecule has 1 heterocycles. The first kappa shape index (κ1) is 11.6. The predicted octanol–water partition coefficient (Wildman–Crippen LogP) is 1.49. The summed E-state index contributed by atoms with van der Waals surface area (Å²) >= 11 is 0. The fourth-order valence-electron chi connectivity index (χ4n) is 2.35. The van der Waals surface area contributed by atoms with Crippen molar-refractivity contribution in [1.29, 1.82) is 0 Å². The summed E-state index contributed by atoms with van der Waals surface area (Å²) in [5.74, 6) is 1.57. The average Bonchev–Trinajstić information content (AvgIpc) is 2.47. The van der Waals surface area contributed by atoms with Crippen LogP contribution in [-0.2, 0) is 6.54 Å². The molecule has 1 N–H and O–H groups in total. The minimum atomic E-state index is -0.0579. The van der Waals surface area contributed by atoms with Crippen LogP contribution in [0.2, 0.25) is 0 Å². The normalized spacial score (nSPS) is 24.8. The molecule has 0 unspecified atom stereocenters. The molecule has 1 aromatic heterocycles. The minimum absolute atomic E-state index is 0.0579. The number of aliphatic hydroxyl groups excluding tert-OH is 1. The quantitative estimate of drug-likeness (QED) is 0.842. The monoisotopic (exact) mass is 224 g/mol. The molecule has 0 bridgehead atoms. The third kappa shape index (κ3) is 2.44. The van der Waals surface area contributed by atoms with Crippen molar-refractivity contribution in [2.75, 3.05) is 13.6 Å². The van der Waals surface area contributed by atoms with E-state index >= 15 is 0 Å². The Balaban J connectivity index is 1.85. The Kier molecular flexibility index (Phi) is 3.30. The third-order valence-corrected chi connectivity index (χ3v) is 3.39. The Bertz CT molecular complexity index is 336. The van der Waals surface area contributed by atoms with Crippen molar-refractivity contribution in [1.82, 2.24) is 10.1 Å². The van der Waals surface area contributed by atoms with Crippen LogP contribution in [0.4, 0.5) is 0 Å². The molecular weight excluding hydrogens is 204 g/mol. The molecule has 0 aliphatic heterocycles. The molecule has 0 amide bonds. The molecule has 1 aliphatic carbocycles. The second-order valence-electron chi connectivity index (χ2n) is 4.99. The second-order valence-corrected chi connectivity index (χ2v) is 4.99. The zero-order valence-electron chi connectivity index (χ0n) is 10.2. The van der Waals surface area contributed by atoms with E-state index in [0.29, 0.717) is 5.92 Å². The summed E-state index contributed by atoms with van der Waals surface area (Å²) in [6, 6.07) is 0. The Hall–Kier alpha value is -0.870. The van der Waals surface area contributed by atoms with Crippen molar-refractivity contribution in [3.8, 4) is 0 Å². The van der Waals surface area contributed by atoms with Crippen molar-refractivity contribution in [3.63, 3.8) is 0 Å². The van der Waals surface area contributed by atoms with Gasteiger partial charge in [-0.2, -0.15) is 0 Å². The highest BCUT2D eigenvalue weighted by Crippen LogP contribution is 2.28. The van der Waals surface area contributed by atoms with Gasteiger partial charge in [0.15, 0.2) is 0 Å². The van der Waals surface area contributed by atoms with Gasteiger partial charge in [-0.3, -0.25) is 0 Å². The van der Waals surface area contributed by atoms with Crippen LogP contribution in [0.1, 0.15) is 29.9 Å². The molecule has 1 aliphatic rings. The first-order valence-electron chi connectivity index (χ1n) is 5.84. The first-order chi connectivity index (χ1) is 7.56. The van der Waals surface area contributed by atoms with Gasteiger partial charge in [0.25, 0.3) is 0 Å². The average molecular weight is 224 g/mol. The molecular formula is C12H20N2O2. The van der Waals surface area contributed by atoms with Gasteiger partial charge in [0.2, 0.25) is 0 Å². The smallest absolute Gasteiger partial charge is 0.138 e. The molecule has 90 valence electrons. The largest absolute Gasteiger partial charge is 0.393 e. The summed E-state index contributed by atoms with van der Waals surface area (Å²) < 4.78 is 5.14. The van der Waals surface area contributed by atoms with Crippen LogP contribution in [0.25, 0.3) is 0 Å². The fraction of sp³-hybridized carbons (Fsp3) is 0.750. The molecule has 1 fully saturated rings. The van der Waals surface area contributed by atoms with E-state index in [1.54, 1.807) is 0 Å². The minimum Gasteiger partial charge on any atom is -0.393 e. The summed E-state index contributed by atoms with van der Waals surface area (Å²) in [5, 5.41) is 13.2. The Morgan fingerprint density at radius 1 is 1.44 bits per heavy atom. The number of hydrogen-bond acceptors (Lipinski definition) is 4. The van der Waals surface area contributed by atoms with Crippen molar-refractivity contribution in [3.05, 3.63) is 17.0 Å². The zero-order chi connectivity index (χ0) is 11.7. The van der Waals surface area contributed by atoms with Crippen LogP contribution in [0.15, 0.2) is 4.52 Å². The van der Waals surface area contributed by atoms with Crippen molar-refractivity contribution < 1.29 is 9.63 Å². The number of aliphatic hydroxyl groups is 1. The standard InChI is InChI=1S/C12H20N2O2/c1-8-12(9(2)16-13-8)7-14(3)6-10-4-11(15)5-10/h10-11,15H,4-7H2,1-3H3. The topological polar surface area (TPSA) is 49.5 Å². The lowest BCUT2D eigenvalue weighted by atomic mass is 9.82. The van der Waals surface area contributed by atoms with Gasteiger partial charge in [0.05, 0.1) is 11.8 Å². The first-order valence-corrected chi connectivity index (χ1v) is 5.84. The molecule has 0 spiro atoms. The van der Waals surface area contributed by atoms with E-state index in [4.69, 9.17) is 4.52 Å². The molecule has 1 saturated carbocycles. The van der Waals surface area contributed by atoms with E-state index in [-0.39, 0.29) is 6.10 Å². The fourth-order valence-corrected chi connectivity index (χ4v) is 2.35. The van der Waals surface area contributed by atoms with Crippen LogP contribution in [0, 0.1) is 19.8 Å². The van der Waals surface area contributed by atoms with Gasteiger partial charge in [0, 0.05) is 18.7 Å². The van der Waals surface area contributed by atoms with Gasteiger partial charge in [-0.05, 0) is 39.7 Å². The Labute approximate surface area is 96.2 Å². The van der Waals surface area contributed by atoms with Crippen LogP contribution in [-0.4, -0.2) is 34.9 Å². The van der Waals surface area contributed by atoms with E-state index in [1.165, 1.54) is 5.56 Å². The molecule has 4 heteroatoms. The van der Waals surface area contributed by atoms with Crippen LogP contribution in [0.3, 0.4) is 0 Å². The van der Waals surface area contributed by atoms with E-state index in [2.05, 4.69) is 17.1 Å². The number of aromatic nitrogens is 1. The van der Waals surface area contributed by atoms with Gasteiger partial charge >= 0.3 is 0 Å². The molecule has 2 rings (SSSR count). The van der Waals surface area contributed by atoms with E-state index in [9.17, 15) is 5.11 Å². The lowest BCUT2D eigenvalue weighted by Gasteiger charge is -2.34. The lowest BCUT2D eigenvalue weighted by Crippen LogP contribution is -2.36. The number of hydrogen-bond donors (Lipinski definition) is 1.